The Balaban J connectivity index is 2.17. The molecule has 1 aromatic heterocycles. The number of hydrogen-bond acceptors (Lipinski definition) is 3. The van der Waals surface area contributed by atoms with Crippen LogP contribution in [-0.2, 0) is 9.63 Å². The van der Waals surface area contributed by atoms with Crippen molar-refractivity contribution in [2.75, 3.05) is 0 Å². The van der Waals surface area contributed by atoms with Crippen LogP contribution in [0, 0.1) is 6.57 Å². The Morgan fingerprint density at radius 2 is 1.92 bits per heavy atom. The smallest absolute Gasteiger partial charge is 0.326 e. The number of carbonyl (C=O) groups excluding carboxylic acids is 1. The highest BCUT2D eigenvalue weighted by atomic mass is 16.7. The second-order valence-electron chi connectivity index (χ2n) is 5.52. The summed E-state index contributed by atoms with van der Waals surface area (Å²) in [5.74, 6) is -0.374. The highest BCUT2D eigenvalue weighted by molar-refractivity contribution is 6.10. The van der Waals surface area contributed by atoms with Gasteiger partial charge in [-0.25, -0.2) is 9.64 Å². The monoisotopic (exact) mass is 331 g/mol. The molecule has 124 valence electrons. The third kappa shape index (κ3) is 3.15. The van der Waals surface area contributed by atoms with Gasteiger partial charge in [0.05, 0.1) is 23.5 Å². The minimum atomic E-state index is -0.374. The molecule has 0 N–H and O–H groups in total. The highest BCUT2D eigenvalue weighted by Gasteiger charge is 2.14. The van der Waals surface area contributed by atoms with E-state index in [1.165, 1.54) is 0 Å². The van der Waals surface area contributed by atoms with E-state index in [2.05, 4.69) is 10.0 Å². The molecule has 0 aliphatic heterocycles. The van der Waals surface area contributed by atoms with Gasteiger partial charge < -0.3 is 9.40 Å². The van der Waals surface area contributed by atoms with E-state index >= 15 is 0 Å². The fourth-order valence-corrected chi connectivity index (χ4v) is 2.66. The zero-order valence-electron chi connectivity index (χ0n) is 14.1. The van der Waals surface area contributed by atoms with Crippen molar-refractivity contribution in [3.8, 4) is 5.69 Å². The van der Waals surface area contributed by atoms with Crippen molar-refractivity contribution < 1.29 is 9.63 Å². The molecule has 5 heteroatoms. The van der Waals surface area contributed by atoms with Crippen LogP contribution in [0.1, 0.15) is 25.8 Å². The average molecular weight is 331 g/mol. The van der Waals surface area contributed by atoms with Crippen LogP contribution < -0.4 is 0 Å². The van der Waals surface area contributed by atoms with Gasteiger partial charge in [0.25, 0.3) is 0 Å². The lowest BCUT2D eigenvalue weighted by Crippen LogP contribution is -2.01. The van der Waals surface area contributed by atoms with Crippen molar-refractivity contribution in [1.82, 2.24) is 4.57 Å². The summed E-state index contributed by atoms with van der Waals surface area (Å²) >= 11 is 0. The van der Waals surface area contributed by atoms with Crippen LogP contribution in [0.15, 0.2) is 59.9 Å². The summed E-state index contributed by atoms with van der Waals surface area (Å²) in [6.07, 6.45) is 2.20. The molecular formula is C20H17N3O2. The standard InChI is InChI=1S/C20H17N3O2/c1-4-20(24)25-22-14(2)16-13-23(18-11-7-5-9-15(16)18)19-12-8-6-10-17(19)21-3/h5-13H,4H2,1-2H3/b22-14+. The molecule has 3 rings (SSSR count). The molecule has 0 aliphatic rings. The van der Waals surface area contributed by atoms with Crippen LogP contribution in [0.4, 0.5) is 5.69 Å². The molecule has 5 nitrogen and oxygen atoms in total. The molecule has 1 heterocycles. The third-order valence-corrected chi connectivity index (χ3v) is 3.94. The molecule has 0 atom stereocenters. The van der Waals surface area contributed by atoms with Gasteiger partial charge in [0, 0.05) is 23.6 Å². The van der Waals surface area contributed by atoms with E-state index in [4.69, 9.17) is 11.4 Å². The van der Waals surface area contributed by atoms with Crippen LogP contribution in [0.3, 0.4) is 0 Å². The maximum atomic E-state index is 11.4. The summed E-state index contributed by atoms with van der Waals surface area (Å²) in [6.45, 7) is 10.9. The molecule has 0 spiro atoms. The van der Waals surface area contributed by atoms with Gasteiger partial charge in [-0.05, 0) is 19.1 Å². The van der Waals surface area contributed by atoms with Gasteiger partial charge in [-0.3, -0.25) is 0 Å². The molecule has 0 radical (unpaired) electrons. The first-order valence-corrected chi connectivity index (χ1v) is 7.97. The number of aromatic nitrogens is 1. The van der Waals surface area contributed by atoms with Crippen molar-refractivity contribution >= 4 is 28.3 Å². The van der Waals surface area contributed by atoms with E-state index in [0.29, 0.717) is 11.4 Å². The molecule has 0 saturated heterocycles. The lowest BCUT2D eigenvalue weighted by molar-refractivity contribution is -0.143. The van der Waals surface area contributed by atoms with E-state index in [9.17, 15) is 4.79 Å². The number of benzene rings is 2. The first kappa shape index (κ1) is 16.5. The Bertz CT molecular complexity index is 1010. The second-order valence-corrected chi connectivity index (χ2v) is 5.52. The molecule has 0 bridgehead atoms. The molecule has 0 saturated carbocycles. The van der Waals surface area contributed by atoms with Gasteiger partial charge in [-0.15, -0.1) is 0 Å². The third-order valence-electron chi connectivity index (χ3n) is 3.94. The summed E-state index contributed by atoms with van der Waals surface area (Å²) in [5.41, 5.74) is 3.81. The zero-order chi connectivity index (χ0) is 17.8. The van der Waals surface area contributed by atoms with Gasteiger partial charge in [-0.1, -0.05) is 48.5 Å². The Hall–Kier alpha value is -3.39. The first-order chi connectivity index (χ1) is 12.2. The number of nitrogens with zero attached hydrogens (tertiary/aromatic N) is 3. The summed E-state index contributed by atoms with van der Waals surface area (Å²) < 4.78 is 1.97. The molecule has 0 fully saturated rings. The summed E-state index contributed by atoms with van der Waals surface area (Å²) in [6, 6.07) is 15.3. The number of oxime groups is 1. The summed E-state index contributed by atoms with van der Waals surface area (Å²) in [4.78, 5) is 19.9. The van der Waals surface area contributed by atoms with E-state index < -0.39 is 0 Å². The van der Waals surface area contributed by atoms with Crippen molar-refractivity contribution in [2.24, 2.45) is 5.16 Å². The fraction of sp³-hybridized carbons (Fsp3) is 0.150. The lowest BCUT2D eigenvalue weighted by Gasteiger charge is -2.07. The van der Waals surface area contributed by atoms with Gasteiger partial charge in [0.15, 0.2) is 0 Å². The zero-order valence-corrected chi connectivity index (χ0v) is 14.1. The van der Waals surface area contributed by atoms with Crippen LogP contribution in [0.2, 0.25) is 0 Å². The number of carbonyl (C=O) groups is 1. The summed E-state index contributed by atoms with van der Waals surface area (Å²) in [7, 11) is 0. The van der Waals surface area contributed by atoms with Crippen molar-refractivity contribution in [3.05, 3.63) is 71.7 Å². The summed E-state index contributed by atoms with van der Waals surface area (Å²) in [5, 5.41) is 4.94. The van der Waals surface area contributed by atoms with Gasteiger partial charge in [0.2, 0.25) is 5.69 Å². The average Bonchev–Trinajstić information content (AvgIpc) is 3.05. The van der Waals surface area contributed by atoms with Crippen LogP contribution >= 0.6 is 0 Å². The fourth-order valence-electron chi connectivity index (χ4n) is 2.66. The topological polar surface area (TPSA) is 48.0 Å². The number of fused-ring (bicyclic) bond motifs is 1. The largest absolute Gasteiger partial charge is 0.334 e. The molecule has 0 amide bonds. The van der Waals surface area contributed by atoms with E-state index in [0.717, 1.165) is 22.2 Å². The Labute approximate surface area is 146 Å². The van der Waals surface area contributed by atoms with E-state index in [1.54, 1.807) is 19.9 Å². The van der Waals surface area contributed by atoms with Crippen LogP contribution in [0.5, 0.6) is 0 Å². The first-order valence-electron chi connectivity index (χ1n) is 7.97. The van der Waals surface area contributed by atoms with Crippen LogP contribution in [0.25, 0.3) is 21.4 Å². The highest BCUT2D eigenvalue weighted by Crippen LogP contribution is 2.30. The predicted molar refractivity (Wildman–Crippen MR) is 98.1 cm³/mol. The predicted octanol–water partition coefficient (Wildman–Crippen LogP) is 4.86. The van der Waals surface area contributed by atoms with Crippen molar-refractivity contribution in [2.45, 2.75) is 20.3 Å². The molecule has 0 aliphatic carbocycles. The lowest BCUT2D eigenvalue weighted by atomic mass is 10.1. The van der Waals surface area contributed by atoms with Crippen LogP contribution in [-0.4, -0.2) is 16.2 Å². The number of rotatable bonds is 4. The molecule has 0 unspecified atom stereocenters. The number of hydrogen-bond donors (Lipinski definition) is 0. The van der Waals surface area contributed by atoms with E-state index in [-0.39, 0.29) is 12.4 Å². The van der Waals surface area contributed by atoms with E-state index in [1.807, 2.05) is 53.2 Å². The molecular weight excluding hydrogens is 314 g/mol. The Kier molecular flexibility index (Phi) is 4.62. The SMILES string of the molecule is [C-]#[N+]c1ccccc1-n1cc(/C(C)=N/OC(=O)CC)c2ccccc21. The quantitative estimate of drug-likeness (QED) is 0.297. The Morgan fingerprint density at radius 1 is 1.20 bits per heavy atom. The van der Waals surface area contributed by atoms with Gasteiger partial charge in [0.1, 0.15) is 0 Å². The second kappa shape index (κ2) is 7.02. The minimum Gasteiger partial charge on any atom is -0.326 e. The number of para-hydroxylation sites is 3. The normalized spacial score (nSPS) is 11.3. The molecule has 25 heavy (non-hydrogen) atoms. The molecule has 2 aromatic carbocycles. The minimum absolute atomic E-state index is 0.275. The Morgan fingerprint density at radius 3 is 2.68 bits per heavy atom. The maximum absolute atomic E-state index is 11.4. The maximum Gasteiger partial charge on any atom is 0.334 e. The van der Waals surface area contributed by atoms with Crippen molar-refractivity contribution in [1.29, 1.82) is 0 Å². The van der Waals surface area contributed by atoms with Gasteiger partial charge >= 0.3 is 5.97 Å². The van der Waals surface area contributed by atoms with Crippen molar-refractivity contribution in [3.63, 3.8) is 0 Å². The van der Waals surface area contributed by atoms with Gasteiger partial charge in [-0.2, -0.15) is 0 Å². The molecule has 3 aromatic rings.